The molecule has 1 aromatic carbocycles. The maximum absolute atomic E-state index is 9.14. The molecule has 6 heteroatoms. The Labute approximate surface area is 111 Å². The lowest BCUT2D eigenvalue weighted by molar-refractivity contribution is 0.475. The quantitative estimate of drug-likeness (QED) is 0.665. The van der Waals surface area contributed by atoms with Crippen LogP contribution in [0, 0.1) is 0 Å². The number of hydrogen-bond donors (Lipinski definition) is 1. The van der Waals surface area contributed by atoms with Crippen LogP contribution in [0.25, 0.3) is 0 Å². The fourth-order valence-corrected chi connectivity index (χ4v) is 4.54. The van der Waals surface area contributed by atoms with Gasteiger partial charge in [-0.05, 0) is 44.9 Å². The van der Waals surface area contributed by atoms with Crippen LogP contribution in [0.15, 0.2) is 47.8 Å². The van der Waals surface area contributed by atoms with Gasteiger partial charge in [0.2, 0.25) is 0 Å². The van der Waals surface area contributed by atoms with E-state index in [2.05, 4.69) is 9.97 Å². The molecule has 88 valence electrons. The summed E-state index contributed by atoms with van der Waals surface area (Å²) in [7, 11) is 5.08. The second-order valence-electron chi connectivity index (χ2n) is 3.10. The van der Waals surface area contributed by atoms with Crippen molar-refractivity contribution in [3.63, 3.8) is 0 Å². The highest BCUT2D eigenvalue weighted by Gasteiger charge is 1.98. The standard InChI is InChI=1S/C11H10N2OS3/c14-10-1-3-11(4-2-10)16-17-15-8-9-7-12-5-6-13-9/h1-7,14H,8H2. The van der Waals surface area contributed by atoms with Crippen molar-refractivity contribution in [2.75, 3.05) is 0 Å². The minimum absolute atomic E-state index is 0.298. The SMILES string of the molecule is Oc1ccc(SSSCc2cnccn2)cc1. The Morgan fingerprint density at radius 3 is 2.65 bits per heavy atom. The maximum Gasteiger partial charge on any atom is 0.115 e. The van der Waals surface area contributed by atoms with Crippen molar-refractivity contribution >= 4 is 31.4 Å². The molecule has 17 heavy (non-hydrogen) atoms. The van der Waals surface area contributed by atoms with Crippen molar-refractivity contribution in [1.29, 1.82) is 0 Å². The molecule has 0 aliphatic heterocycles. The molecule has 0 aliphatic rings. The molecule has 1 aromatic heterocycles. The zero-order chi connectivity index (χ0) is 11.9. The average Bonchev–Trinajstić information content (AvgIpc) is 2.38. The number of phenolic OH excluding ortho intramolecular Hbond substituents is 1. The van der Waals surface area contributed by atoms with E-state index in [0.29, 0.717) is 5.75 Å². The molecule has 1 N–H and O–H groups in total. The Morgan fingerprint density at radius 2 is 1.94 bits per heavy atom. The summed E-state index contributed by atoms with van der Waals surface area (Å²) in [5.74, 6) is 1.13. The van der Waals surface area contributed by atoms with Crippen LogP contribution in [-0.2, 0) is 5.75 Å². The van der Waals surface area contributed by atoms with E-state index in [1.54, 1.807) is 62.1 Å². The van der Waals surface area contributed by atoms with Crippen LogP contribution >= 0.6 is 31.4 Å². The molecule has 0 saturated carbocycles. The molecule has 0 fully saturated rings. The molecule has 0 amide bonds. The maximum atomic E-state index is 9.14. The van der Waals surface area contributed by atoms with Gasteiger partial charge in [-0.1, -0.05) is 10.8 Å². The van der Waals surface area contributed by atoms with Crippen LogP contribution in [0.2, 0.25) is 0 Å². The predicted octanol–water partition coefficient (Wildman–Crippen LogP) is 3.77. The molecule has 0 bridgehead atoms. The molecule has 1 heterocycles. The number of nitrogens with zero attached hydrogens (tertiary/aromatic N) is 2. The van der Waals surface area contributed by atoms with E-state index < -0.39 is 0 Å². The molecular formula is C11H10N2OS3. The van der Waals surface area contributed by atoms with E-state index in [1.807, 2.05) is 12.1 Å². The second-order valence-corrected chi connectivity index (χ2v) is 7.24. The molecule has 0 aliphatic carbocycles. The number of phenols is 1. The number of aromatic hydroxyl groups is 1. The minimum atomic E-state index is 0.298. The molecule has 2 rings (SSSR count). The van der Waals surface area contributed by atoms with Gasteiger partial charge in [-0.25, -0.2) is 0 Å². The normalized spacial score (nSPS) is 10.4. The van der Waals surface area contributed by atoms with Crippen LogP contribution in [0.1, 0.15) is 5.69 Å². The number of aromatic nitrogens is 2. The topological polar surface area (TPSA) is 46.0 Å². The molecule has 0 atom stereocenters. The van der Waals surface area contributed by atoms with Crippen molar-refractivity contribution in [3.8, 4) is 5.75 Å². The lowest BCUT2D eigenvalue weighted by Crippen LogP contribution is -1.84. The first-order valence-electron chi connectivity index (χ1n) is 4.84. The van der Waals surface area contributed by atoms with Crippen LogP contribution < -0.4 is 0 Å². The molecule has 0 spiro atoms. The minimum Gasteiger partial charge on any atom is -0.508 e. The molecule has 2 aromatic rings. The third kappa shape index (κ3) is 4.49. The highest BCUT2D eigenvalue weighted by Crippen LogP contribution is 2.41. The Kier molecular flexibility index (Phi) is 5.03. The first kappa shape index (κ1) is 12.6. The van der Waals surface area contributed by atoms with Crippen LogP contribution in [0.5, 0.6) is 5.75 Å². The summed E-state index contributed by atoms with van der Waals surface area (Å²) in [6, 6.07) is 7.18. The van der Waals surface area contributed by atoms with Gasteiger partial charge in [-0.2, -0.15) is 0 Å². The highest BCUT2D eigenvalue weighted by molar-refractivity contribution is 9.09. The Hall–Kier alpha value is -0.850. The van der Waals surface area contributed by atoms with Gasteiger partial charge >= 0.3 is 0 Å². The van der Waals surface area contributed by atoms with Crippen molar-refractivity contribution in [3.05, 3.63) is 48.5 Å². The van der Waals surface area contributed by atoms with Crippen molar-refractivity contribution in [2.24, 2.45) is 0 Å². The largest absolute Gasteiger partial charge is 0.508 e. The molecule has 3 nitrogen and oxygen atoms in total. The van der Waals surface area contributed by atoms with E-state index in [9.17, 15) is 0 Å². The number of hydrogen-bond acceptors (Lipinski definition) is 6. The smallest absolute Gasteiger partial charge is 0.115 e. The third-order valence-electron chi connectivity index (χ3n) is 1.84. The Balaban J connectivity index is 1.71. The molecule has 0 radical (unpaired) electrons. The van der Waals surface area contributed by atoms with Gasteiger partial charge in [-0.15, -0.1) is 0 Å². The molecule has 0 saturated heterocycles. The summed E-state index contributed by atoms with van der Waals surface area (Å²) in [4.78, 5) is 9.33. The summed E-state index contributed by atoms with van der Waals surface area (Å²) < 4.78 is 0. The van der Waals surface area contributed by atoms with Gasteiger partial charge < -0.3 is 5.11 Å². The summed E-state index contributed by atoms with van der Waals surface area (Å²) in [6.07, 6.45) is 5.15. The third-order valence-corrected chi connectivity index (χ3v) is 5.78. The summed E-state index contributed by atoms with van der Waals surface area (Å²) in [6.45, 7) is 0. The van der Waals surface area contributed by atoms with E-state index in [-0.39, 0.29) is 0 Å². The van der Waals surface area contributed by atoms with Crippen LogP contribution in [-0.4, -0.2) is 15.1 Å². The number of benzene rings is 1. The predicted molar refractivity (Wildman–Crippen MR) is 74.9 cm³/mol. The van der Waals surface area contributed by atoms with Gasteiger partial charge in [0.25, 0.3) is 0 Å². The van der Waals surface area contributed by atoms with Crippen molar-refractivity contribution in [1.82, 2.24) is 9.97 Å². The lowest BCUT2D eigenvalue weighted by atomic mass is 10.3. The fraction of sp³-hybridized carbons (Fsp3) is 0.0909. The zero-order valence-corrected chi connectivity index (χ0v) is 11.3. The molecule has 0 unspecified atom stereocenters. The van der Waals surface area contributed by atoms with Gasteiger partial charge in [0.15, 0.2) is 0 Å². The van der Waals surface area contributed by atoms with Crippen molar-refractivity contribution < 1.29 is 5.11 Å². The van der Waals surface area contributed by atoms with E-state index in [4.69, 9.17) is 5.11 Å². The highest BCUT2D eigenvalue weighted by atomic mass is 33.5. The van der Waals surface area contributed by atoms with Gasteiger partial charge in [-0.3, -0.25) is 9.97 Å². The Morgan fingerprint density at radius 1 is 1.12 bits per heavy atom. The fourth-order valence-electron chi connectivity index (χ4n) is 1.05. The first-order chi connectivity index (χ1) is 8.34. The van der Waals surface area contributed by atoms with Gasteiger partial charge in [0, 0.05) is 29.2 Å². The molecular weight excluding hydrogens is 272 g/mol. The number of rotatable bonds is 5. The van der Waals surface area contributed by atoms with Crippen LogP contribution in [0.4, 0.5) is 0 Å². The van der Waals surface area contributed by atoms with E-state index in [1.165, 1.54) is 0 Å². The summed E-state index contributed by atoms with van der Waals surface area (Å²) >= 11 is 0. The average molecular weight is 282 g/mol. The van der Waals surface area contributed by atoms with Gasteiger partial charge in [0.1, 0.15) is 5.75 Å². The summed E-state index contributed by atoms with van der Waals surface area (Å²) in [5.41, 5.74) is 0.983. The summed E-state index contributed by atoms with van der Waals surface area (Å²) in [5, 5.41) is 9.14. The van der Waals surface area contributed by atoms with Gasteiger partial charge in [0.05, 0.1) is 5.69 Å². The zero-order valence-electron chi connectivity index (χ0n) is 8.81. The first-order valence-corrected chi connectivity index (χ1v) is 8.50. The second kappa shape index (κ2) is 6.78. The monoisotopic (exact) mass is 282 g/mol. The Bertz CT molecular complexity index is 450. The van der Waals surface area contributed by atoms with E-state index in [0.717, 1.165) is 16.3 Å². The van der Waals surface area contributed by atoms with Crippen LogP contribution in [0.3, 0.4) is 0 Å². The van der Waals surface area contributed by atoms with E-state index >= 15 is 0 Å². The lowest BCUT2D eigenvalue weighted by Gasteiger charge is -2.00. The van der Waals surface area contributed by atoms with Crippen molar-refractivity contribution in [2.45, 2.75) is 10.6 Å².